The minimum atomic E-state index is -0.153. The Labute approximate surface area is 212 Å². The summed E-state index contributed by atoms with van der Waals surface area (Å²) in [5, 5.41) is 8.02. The third-order valence-electron chi connectivity index (χ3n) is 4.89. The zero-order valence-electron chi connectivity index (χ0n) is 20.5. The number of hydrogen-bond acceptors (Lipinski definition) is 6. The van der Waals surface area contributed by atoms with Crippen LogP contribution < -0.4 is 20.3 Å². The normalized spacial score (nSPS) is 10.8. The van der Waals surface area contributed by atoms with Gasteiger partial charge in [0.2, 0.25) is 11.8 Å². The van der Waals surface area contributed by atoms with Crippen LogP contribution in [-0.4, -0.2) is 37.5 Å². The number of unbranched alkanes of at least 4 members (excludes halogenated alkanes) is 3. The van der Waals surface area contributed by atoms with Crippen LogP contribution in [0, 0.1) is 0 Å². The van der Waals surface area contributed by atoms with Crippen LogP contribution in [0.5, 0.6) is 11.5 Å². The minimum absolute atomic E-state index is 0.153. The van der Waals surface area contributed by atoms with Gasteiger partial charge < -0.3 is 9.47 Å². The molecule has 0 atom stereocenters. The molecule has 0 saturated heterocycles. The number of hydrazone groups is 2. The van der Waals surface area contributed by atoms with E-state index in [2.05, 4.69) is 34.2 Å². The molecule has 8 heteroatoms. The number of benzene rings is 2. The molecule has 8 nitrogen and oxygen atoms in total. The predicted octanol–water partition coefficient (Wildman–Crippen LogP) is 4.76. The third kappa shape index (κ3) is 11.3. The smallest absolute Gasteiger partial charge is 0.240 e. The van der Waals surface area contributed by atoms with Crippen LogP contribution in [0.2, 0.25) is 0 Å². The van der Waals surface area contributed by atoms with Crippen LogP contribution in [-0.2, 0) is 9.59 Å². The van der Waals surface area contributed by atoms with Gasteiger partial charge in [0.05, 0.1) is 12.4 Å². The second-order valence-corrected chi connectivity index (χ2v) is 7.78. The van der Waals surface area contributed by atoms with E-state index in [4.69, 9.17) is 9.47 Å². The molecule has 0 radical (unpaired) electrons. The summed E-state index contributed by atoms with van der Waals surface area (Å²) >= 11 is 0. The third-order valence-corrected chi connectivity index (χ3v) is 4.89. The van der Waals surface area contributed by atoms with Gasteiger partial charge >= 0.3 is 0 Å². The van der Waals surface area contributed by atoms with Gasteiger partial charge in [0.25, 0.3) is 0 Å². The maximum absolute atomic E-state index is 12.0. The lowest BCUT2D eigenvalue weighted by Gasteiger charge is -2.06. The van der Waals surface area contributed by atoms with E-state index in [9.17, 15) is 9.59 Å². The standard InChI is InChI=1S/C28H34N4O4/c1-3-19-35-25-15-11-9-13-23(25)21-29-31-27(33)17-7-5-6-8-18-28(34)32-30-22-24-14-10-12-16-26(24)36-20-4-2/h3-4,9-16,21-22H,1-2,5-8,17-20H2,(H,31,33)(H,32,34)/b29-21+,30-22+. The first kappa shape index (κ1) is 28.0. The summed E-state index contributed by atoms with van der Waals surface area (Å²) in [6.07, 6.45) is 10.3. The van der Waals surface area contributed by atoms with Gasteiger partial charge in [0.1, 0.15) is 24.7 Å². The van der Waals surface area contributed by atoms with Crippen LogP contribution in [0.3, 0.4) is 0 Å². The lowest BCUT2D eigenvalue weighted by atomic mass is 10.1. The summed E-state index contributed by atoms with van der Waals surface area (Å²) in [4.78, 5) is 24.0. The van der Waals surface area contributed by atoms with E-state index in [0.717, 1.165) is 36.8 Å². The van der Waals surface area contributed by atoms with Gasteiger partial charge in [-0.1, -0.05) is 62.4 Å². The monoisotopic (exact) mass is 490 g/mol. The van der Waals surface area contributed by atoms with E-state index >= 15 is 0 Å². The van der Waals surface area contributed by atoms with Crippen molar-refractivity contribution in [3.05, 3.63) is 85.0 Å². The highest BCUT2D eigenvalue weighted by atomic mass is 16.5. The number of para-hydroxylation sites is 2. The zero-order valence-corrected chi connectivity index (χ0v) is 20.5. The number of carbonyl (C=O) groups is 2. The van der Waals surface area contributed by atoms with Gasteiger partial charge in [0.15, 0.2) is 0 Å². The predicted molar refractivity (Wildman–Crippen MR) is 143 cm³/mol. The Bertz CT molecular complexity index is 966. The molecule has 0 spiro atoms. The highest BCUT2D eigenvalue weighted by molar-refractivity contribution is 5.86. The highest BCUT2D eigenvalue weighted by Crippen LogP contribution is 2.16. The fraction of sp³-hybridized carbons (Fsp3) is 0.286. The lowest BCUT2D eigenvalue weighted by Crippen LogP contribution is -2.17. The van der Waals surface area contributed by atoms with Gasteiger partial charge in [-0.25, -0.2) is 10.9 Å². The largest absolute Gasteiger partial charge is 0.489 e. The molecule has 0 fully saturated rings. The molecule has 36 heavy (non-hydrogen) atoms. The van der Waals surface area contributed by atoms with E-state index < -0.39 is 0 Å². The second kappa shape index (κ2) is 17.3. The fourth-order valence-corrected chi connectivity index (χ4v) is 3.12. The van der Waals surface area contributed by atoms with Crippen molar-refractivity contribution >= 4 is 24.2 Å². The van der Waals surface area contributed by atoms with Crippen molar-refractivity contribution < 1.29 is 19.1 Å². The Hall–Kier alpha value is -4.20. The molecule has 0 bridgehead atoms. The molecule has 0 heterocycles. The summed E-state index contributed by atoms with van der Waals surface area (Å²) in [7, 11) is 0. The number of amides is 2. The molecule has 2 N–H and O–H groups in total. The molecular formula is C28H34N4O4. The van der Waals surface area contributed by atoms with Crippen LogP contribution in [0.25, 0.3) is 0 Å². The van der Waals surface area contributed by atoms with Crippen molar-refractivity contribution in [1.29, 1.82) is 0 Å². The number of rotatable bonds is 17. The molecule has 0 aliphatic carbocycles. The average Bonchev–Trinajstić information content (AvgIpc) is 2.89. The molecule has 2 aromatic carbocycles. The summed E-state index contributed by atoms with van der Waals surface area (Å²) in [6.45, 7) is 8.05. The maximum atomic E-state index is 12.0. The van der Waals surface area contributed by atoms with Gasteiger partial charge in [-0.15, -0.1) is 0 Å². The molecular weight excluding hydrogens is 456 g/mol. The summed E-state index contributed by atoms with van der Waals surface area (Å²) in [5.41, 5.74) is 6.61. The van der Waals surface area contributed by atoms with Crippen molar-refractivity contribution in [2.75, 3.05) is 13.2 Å². The molecule has 0 saturated carbocycles. The van der Waals surface area contributed by atoms with Gasteiger partial charge in [-0.05, 0) is 37.1 Å². The van der Waals surface area contributed by atoms with Crippen molar-refractivity contribution in [3.8, 4) is 11.5 Å². The van der Waals surface area contributed by atoms with Gasteiger partial charge in [-0.2, -0.15) is 10.2 Å². The van der Waals surface area contributed by atoms with Crippen molar-refractivity contribution in [2.24, 2.45) is 10.2 Å². The fourth-order valence-electron chi connectivity index (χ4n) is 3.12. The molecule has 0 aliphatic heterocycles. The Morgan fingerprint density at radius 3 is 1.53 bits per heavy atom. The van der Waals surface area contributed by atoms with E-state index in [-0.39, 0.29) is 11.8 Å². The van der Waals surface area contributed by atoms with Gasteiger partial charge in [-0.3, -0.25) is 9.59 Å². The number of carbonyl (C=O) groups excluding carboxylic acids is 2. The quantitative estimate of drug-likeness (QED) is 0.144. The van der Waals surface area contributed by atoms with Crippen molar-refractivity contribution in [2.45, 2.75) is 38.5 Å². The summed E-state index contributed by atoms with van der Waals surface area (Å²) in [5.74, 6) is 1.04. The first-order chi connectivity index (χ1) is 17.6. The molecule has 2 aromatic rings. The first-order valence-corrected chi connectivity index (χ1v) is 11.9. The SMILES string of the molecule is C=CCOc1ccccc1/C=N/NC(=O)CCCCCCC(=O)N/N=C/c1ccccc1OCC=C. The topological polar surface area (TPSA) is 101 Å². The van der Waals surface area contributed by atoms with E-state index in [0.29, 0.717) is 37.6 Å². The average molecular weight is 491 g/mol. The number of ether oxygens (including phenoxy) is 2. The van der Waals surface area contributed by atoms with Crippen LogP contribution in [0.1, 0.15) is 49.7 Å². The Kier molecular flexibility index (Phi) is 13.4. The van der Waals surface area contributed by atoms with Crippen molar-refractivity contribution in [3.63, 3.8) is 0 Å². The first-order valence-electron chi connectivity index (χ1n) is 11.9. The summed E-state index contributed by atoms with van der Waals surface area (Å²) < 4.78 is 11.1. The number of nitrogens with one attached hydrogen (secondary N) is 2. The van der Waals surface area contributed by atoms with Crippen LogP contribution >= 0.6 is 0 Å². The van der Waals surface area contributed by atoms with E-state index in [1.807, 2.05) is 48.5 Å². The molecule has 0 aliphatic rings. The molecule has 2 rings (SSSR count). The zero-order chi connectivity index (χ0) is 25.8. The number of nitrogens with zero attached hydrogens (tertiary/aromatic N) is 2. The molecule has 0 aromatic heterocycles. The van der Waals surface area contributed by atoms with E-state index in [1.165, 1.54) is 0 Å². The van der Waals surface area contributed by atoms with Crippen LogP contribution in [0.15, 0.2) is 84.0 Å². The lowest BCUT2D eigenvalue weighted by molar-refractivity contribution is -0.122. The Morgan fingerprint density at radius 1 is 0.694 bits per heavy atom. The van der Waals surface area contributed by atoms with E-state index in [1.54, 1.807) is 24.6 Å². The van der Waals surface area contributed by atoms with Crippen molar-refractivity contribution in [1.82, 2.24) is 10.9 Å². The Balaban J connectivity index is 1.58. The number of hydrogen-bond donors (Lipinski definition) is 2. The molecule has 0 unspecified atom stereocenters. The Morgan fingerprint density at radius 2 is 1.11 bits per heavy atom. The molecule has 190 valence electrons. The highest BCUT2D eigenvalue weighted by Gasteiger charge is 2.04. The minimum Gasteiger partial charge on any atom is -0.489 e. The molecule has 2 amide bonds. The summed E-state index contributed by atoms with van der Waals surface area (Å²) in [6, 6.07) is 14.9. The second-order valence-electron chi connectivity index (χ2n) is 7.78. The maximum Gasteiger partial charge on any atom is 0.240 e. The van der Waals surface area contributed by atoms with Crippen LogP contribution in [0.4, 0.5) is 0 Å². The van der Waals surface area contributed by atoms with Gasteiger partial charge in [0, 0.05) is 24.0 Å².